The molecule has 31 heavy (non-hydrogen) atoms. The number of hydrogen-bond donors (Lipinski definition) is 2. The number of carbonyl (C=O) groups is 1. The van der Waals surface area contributed by atoms with Crippen molar-refractivity contribution in [3.63, 3.8) is 0 Å². The topological polar surface area (TPSA) is 51.4 Å². The van der Waals surface area contributed by atoms with Gasteiger partial charge in [-0.05, 0) is 48.7 Å². The second-order valence-corrected chi connectivity index (χ2v) is 8.37. The summed E-state index contributed by atoms with van der Waals surface area (Å²) < 4.78 is 0. The molecule has 5 rings (SSSR count). The molecular formula is C26H28N4O. The van der Waals surface area contributed by atoms with Gasteiger partial charge in [-0.15, -0.1) is 0 Å². The molecule has 0 spiro atoms. The van der Waals surface area contributed by atoms with Crippen molar-refractivity contribution in [2.24, 2.45) is 0 Å². The third kappa shape index (κ3) is 4.01. The Kier molecular flexibility index (Phi) is 5.35. The average molecular weight is 413 g/mol. The molecule has 2 heterocycles. The van der Waals surface area contributed by atoms with Crippen molar-refractivity contribution in [1.29, 1.82) is 0 Å². The Hall–Kier alpha value is -3.31. The molecule has 1 saturated heterocycles. The van der Waals surface area contributed by atoms with Crippen LogP contribution in [0.5, 0.6) is 0 Å². The second kappa shape index (κ2) is 8.44. The number of rotatable bonds is 5. The van der Waals surface area contributed by atoms with Gasteiger partial charge in [0.15, 0.2) is 0 Å². The van der Waals surface area contributed by atoms with Crippen molar-refractivity contribution in [2.45, 2.75) is 6.42 Å². The first-order valence-corrected chi connectivity index (χ1v) is 11.0. The molecule has 1 aromatic heterocycles. The molecule has 1 aliphatic heterocycles. The molecule has 1 amide bonds. The molecule has 0 saturated carbocycles. The van der Waals surface area contributed by atoms with E-state index in [1.807, 2.05) is 30.5 Å². The number of carbonyl (C=O) groups excluding carboxylic acids is 1. The van der Waals surface area contributed by atoms with E-state index in [1.54, 1.807) is 0 Å². The van der Waals surface area contributed by atoms with Gasteiger partial charge in [0.25, 0.3) is 5.91 Å². The smallest absolute Gasteiger partial charge is 0.251 e. The minimum Gasteiger partial charge on any atom is -0.368 e. The number of anilines is 1. The summed E-state index contributed by atoms with van der Waals surface area (Å²) in [4.78, 5) is 21.0. The predicted molar refractivity (Wildman–Crippen MR) is 128 cm³/mol. The van der Waals surface area contributed by atoms with Gasteiger partial charge in [0.2, 0.25) is 0 Å². The number of fused-ring (bicyclic) bond motifs is 2. The molecule has 1 fully saturated rings. The maximum absolute atomic E-state index is 12.9. The van der Waals surface area contributed by atoms with E-state index >= 15 is 0 Å². The van der Waals surface area contributed by atoms with Crippen LogP contribution in [0.15, 0.2) is 66.9 Å². The molecule has 158 valence electrons. The lowest BCUT2D eigenvalue weighted by molar-refractivity contribution is 0.0954. The first-order chi connectivity index (χ1) is 15.2. The number of piperazine rings is 1. The summed E-state index contributed by atoms with van der Waals surface area (Å²) in [5.74, 6) is -0.0186. The fraction of sp³-hybridized carbons (Fsp3) is 0.269. The molecule has 4 aromatic rings. The molecule has 3 aromatic carbocycles. The van der Waals surface area contributed by atoms with Crippen molar-refractivity contribution in [3.8, 4) is 0 Å². The van der Waals surface area contributed by atoms with Crippen LogP contribution in [0, 0.1) is 0 Å². The van der Waals surface area contributed by atoms with Gasteiger partial charge in [0.05, 0.1) is 0 Å². The fourth-order valence-electron chi connectivity index (χ4n) is 4.47. The van der Waals surface area contributed by atoms with Crippen LogP contribution in [0.1, 0.15) is 15.9 Å². The first-order valence-electron chi connectivity index (χ1n) is 11.0. The summed E-state index contributed by atoms with van der Waals surface area (Å²) in [6.45, 7) is 4.75. The molecule has 0 radical (unpaired) electrons. The molecule has 0 aliphatic carbocycles. The monoisotopic (exact) mass is 412 g/mol. The SMILES string of the molecule is CN1CCN(c2cccc3ccc(C(=O)NCCc4c[nH]c5ccccc45)cc23)CC1. The molecule has 2 N–H and O–H groups in total. The summed E-state index contributed by atoms with van der Waals surface area (Å²) in [5.41, 5.74) is 4.30. The van der Waals surface area contributed by atoms with Crippen LogP contribution in [0.4, 0.5) is 5.69 Å². The van der Waals surface area contributed by atoms with Crippen LogP contribution in [0.3, 0.4) is 0 Å². The number of amides is 1. The van der Waals surface area contributed by atoms with Gasteiger partial charge in [0, 0.05) is 66.5 Å². The molecule has 1 aliphatic rings. The van der Waals surface area contributed by atoms with E-state index in [-0.39, 0.29) is 5.91 Å². The zero-order chi connectivity index (χ0) is 21.2. The third-order valence-corrected chi connectivity index (χ3v) is 6.32. The summed E-state index contributed by atoms with van der Waals surface area (Å²) in [6.07, 6.45) is 2.84. The molecule has 0 bridgehead atoms. The summed E-state index contributed by atoms with van der Waals surface area (Å²) in [5, 5.41) is 6.64. The van der Waals surface area contributed by atoms with E-state index in [1.165, 1.54) is 22.0 Å². The number of aromatic amines is 1. The number of aromatic nitrogens is 1. The maximum atomic E-state index is 12.9. The Morgan fingerprint density at radius 3 is 2.68 bits per heavy atom. The number of hydrogen-bond acceptors (Lipinski definition) is 3. The van der Waals surface area contributed by atoms with E-state index in [4.69, 9.17) is 0 Å². The zero-order valence-corrected chi connectivity index (χ0v) is 17.9. The highest BCUT2D eigenvalue weighted by Gasteiger charge is 2.17. The van der Waals surface area contributed by atoms with Crippen LogP contribution in [0.2, 0.25) is 0 Å². The average Bonchev–Trinajstić information content (AvgIpc) is 3.22. The van der Waals surface area contributed by atoms with Gasteiger partial charge in [-0.25, -0.2) is 0 Å². The first kappa shape index (κ1) is 19.6. The van der Waals surface area contributed by atoms with Gasteiger partial charge < -0.3 is 20.1 Å². The van der Waals surface area contributed by atoms with E-state index in [0.717, 1.165) is 43.5 Å². The summed E-state index contributed by atoms with van der Waals surface area (Å²) >= 11 is 0. The molecule has 0 unspecified atom stereocenters. The van der Waals surface area contributed by atoms with Crippen molar-refractivity contribution >= 4 is 33.3 Å². The van der Waals surface area contributed by atoms with E-state index in [2.05, 4.69) is 63.5 Å². The van der Waals surface area contributed by atoms with E-state index in [9.17, 15) is 4.79 Å². The number of H-pyrrole nitrogens is 1. The van der Waals surface area contributed by atoms with E-state index < -0.39 is 0 Å². The Bertz CT molecular complexity index is 1220. The largest absolute Gasteiger partial charge is 0.368 e. The highest BCUT2D eigenvalue weighted by atomic mass is 16.1. The lowest BCUT2D eigenvalue weighted by Crippen LogP contribution is -2.44. The summed E-state index contributed by atoms with van der Waals surface area (Å²) in [6, 6.07) is 20.7. The van der Waals surface area contributed by atoms with Crippen LogP contribution >= 0.6 is 0 Å². The van der Waals surface area contributed by atoms with Gasteiger partial charge in [-0.2, -0.15) is 0 Å². The normalized spacial score (nSPS) is 14.9. The van der Waals surface area contributed by atoms with Crippen LogP contribution < -0.4 is 10.2 Å². The van der Waals surface area contributed by atoms with Crippen LogP contribution in [0.25, 0.3) is 21.7 Å². The van der Waals surface area contributed by atoms with Crippen molar-refractivity contribution in [3.05, 3.63) is 78.0 Å². The lowest BCUT2D eigenvalue weighted by atomic mass is 10.0. The van der Waals surface area contributed by atoms with Crippen molar-refractivity contribution in [1.82, 2.24) is 15.2 Å². The Balaban J connectivity index is 1.31. The minimum atomic E-state index is -0.0186. The second-order valence-electron chi connectivity index (χ2n) is 8.37. The Morgan fingerprint density at radius 2 is 1.81 bits per heavy atom. The number of benzene rings is 3. The van der Waals surface area contributed by atoms with Crippen LogP contribution in [-0.4, -0.2) is 55.6 Å². The summed E-state index contributed by atoms with van der Waals surface area (Å²) in [7, 11) is 2.17. The van der Waals surface area contributed by atoms with Gasteiger partial charge in [0.1, 0.15) is 0 Å². The number of likely N-dealkylation sites (N-methyl/N-ethyl adjacent to an activating group) is 1. The van der Waals surface area contributed by atoms with Gasteiger partial charge >= 0.3 is 0 Å². The van der Waals surface area contributed by atoms with Crippen molar-refractivity contribution < 1.29 is 4.79 Å². The van der Waals surface area contributed by atoms with Gasteiger partial charge in [-0.3, -0.25) is 4.79 Å². The molecule has 5 heteroatoms. The number of nitrogens with one attached hydrogen (secondary N) is 2. The quantitative estimate of drug-likeness (QED) is 0.520. The Morgan fingerprint density at radius 1 is 0.968 bits per heavy atom. The Labute approximate surface area is 182 Å². The molecule has 0 atom stereocenters. The zero-order valence-electron chi connectivity index (χ0n) is 17.9. The highest BCUT2D eigenvalue weighted by molar-refractivity contribution is 6.02. The highest BCUT2D eigenvalue weighted by Crippen LogP contribution is 2.28. The minimum absolute atomic E-state index is 0.0186. The fourth-order valence-corrected chi connectivity index (χ4v) is 4.47. The lowest BCUT2D eigenvalue weighted by Gasteiger charge is -2.34. The van der Waals surface area contributed by atoms with Crippen molar-refractivity contribution in [2.75, 3.05) is 44.7 Å². The van der Waals surface area contributed by atoms with E-state index in [0.29, 0.717) is 12.1 Å². The standard InChI is InChI=1S/C26H28N4O/c1-29-13-15-30(16-14-29)25-8-4-5-19-9-10-20(17-23(19)25)26(31)27-12-11-21-18-28-24-7-3-2-6-22(21)24/h2-10,17-18,28H,11-16H2,1H3,(H,27,31). The number of nitrogens with zero attached hydrogens (tertiary/aromatic N) is 2. The molecular weight excluding hydrogens is 384 g/mol. The maximum Gasteiger partial charge on any atom is 0.251 e. The number of para-hydroxylation sites is 1. The van der Waals surface area contributed by atoms with Crippen LogP contribution in [-0.2, 0) is 6.42 Å². The predicted octanol–water partition coefficient (Wildman–Crippen LogP) is 4.05. The third-order valence-electron chi connectivity index (χ3n) is 6.32. The van der Waals surface area contributed by atoms with Gasteiger partial charge in [-0.1, -0.05) is 36.4 Å². The molecule has 5 nitrogen and oxygen atoms in total.